The molecule has 0 spiro atoms. The lowest BCUT2D eigenvalue weighted by Crippen LogP contribution is -2.55. The molecular weight excluding hydrogens is 358 g/mol. The molecule has 0 bridgehead atoms. The van der Waals surface area contributed by atoms with E-state index in [1.165, 1.54) is 4.90 Å². The first-order valence-electron chi connectivity index (χ1n) is 9.21. The summed E-state index contributed by atoms with van der Waals surface area (Å²) in [4.78, 5) is 32.4. The molecule has 0 aliphatic carbocycles. The number of benzene rings is 1. The third-order valence-corrected chi connectivity index (χ3v) is 5.50. The second-order valence-corrected chi connectivity index (χ2v) is 7.25. The van der Waals surface area contributed by atoms with E-state index in [1.54, 1.807) is 18.1 Å². The van der Waals surface area contributed by atoms with Crippen LogP contribution in [0.4, 0.5) is 0 Å². The van der Waals surface area contributed by atoms with Crippen molar-refractivity contribution in [2.75, 3.05) is 20.1 Å². The maximum absolute atomic E-state index is 12.5. The van der Waals surface area contributed by atoms with Crippen molar-refractivity contribution in [2.24, 2.45) is 0 Å². The van der Waals surface area contributed by atoms with E-state index in [4.69, 9.17) is 4.52 Å². The minimum Gasteiger partial charge on any atom is -0.352 e. The quantitative estimate of drug-likeness (QED) is 0.695. The van der Waals surface area contributed by atoms with Gasteiger partial charge in [-0.3, -0.25) is 9.59 Å². The van der Waals surface area contributed by atoms with Crippen LogP contribution >= 0.6 is 0 Å². The molecule has 2 atom stereocenters. The molecule has 0 N–H and O–H groups in total. The predicted molar refractivity (Wildman–Crippen MR) is 100.0 cm³/mol. The molecule has 4 heterocycles. The van der Waals surface area contributed by atoms with Crippen molar-refractivity contribution in [3.05, 3.63) is 48.8 Å². The smallest absolute Gasteiger partial charge is 0.245 e. The molecule has 0 saturated carbocycles. The summed E-state index contributed by atoms with van der Waals surface area (Å²) in [7, 11) is 1.67. The lowest BCUT2D eigenvalue weighted by atomic mass is 10.1. The SMILES string of the molecule is CN1CC(=O)N2C[C@@H](n3ccnc3-c3cc(-c4ccccc4)no3)C[C@H]2C1=O. The molecule has 0 unspecified atom stereocenters. The predicted octanol–water partition coefficient (Wildman–Crippen LogP) is 1.82. The fraction of sp³-hybridized carbons (Fsp3) is 0.300. The van der Waals surface area contributed by atoms with E-state index in [-0.39, 0.29) is 24.4 Å². The van der Waals surface area contributed by atoms with Crippen LogP contribution in [-0.2, 0) is 9.59 Å². The molecule has 2 saturated heterocycles. The van der Waals surface area contributed by atoms with E-state index in [0.717, 1.165) is 11.3 Å². The van der Waals surface area contributed by atoms with Gasteiger partial charge in [0, 0.05) is 37.6 Å². The Morgan fingerprint density at radius 2 is 2.00 bits per heavy atom. The van der Waals surface area contributed by atoms with Gasteiger partial charge in [-0.15, -0.1) is 0 Å². The fourth-order valence-corrected chi connectivity index (χ4v) is 4.08. The van der Waals surface area contributed by atoms with E-state index in [9.17, 15) is 9.59 Å². The molecule has 0 radical (unpaired) electrons. The second-order valence-electron chi connectivity index (χ2n) is 7.25. The van der Waals surface area contributed by atoms with E-state index in [1.807, 2.05) is 47.2 Å². The molecule has 5 rings (SSSR count). The third-order valence-electron chi connectivity index (χ3n) is 5.50. The van der Waals surface area contributed by atoms with Crippen LogP contribution in [0.3, 0.4) is 0 Å². The summed E-state index contributed by atoms with van der Waals surface area (Å²) in [6, 6.07) is 11.2. The summed E-state index contributed by atoms with van der Waals surface area (Å²) in [6.07, 6.45) is 4.13. The Hall–Kier alpha value is -3.42. The zero-order chi connectivity index (χ0) is 19.3. The number of piperazine rings is 1. The number of hydrogen-bond donors (Lipinski definition) is 0. The Morgan fingerprint density at radius 1 is 1.18 bits per heavy atom. The fourth-order valence-electron chi connectivity index (χ4n) is 4.08. The molecule has 2 aliphatic heterocycles. The Bertz CT molecular complexity index is 1040. The Morgan fingerprint density at radius 3 is 2.82 bits per heavy atom. The number of imidazole rings is 1. The van der Waals surface area contributed by atoms with Crippen LogP contribution < -0.4 is 0 Å². The number of rotatable bonds is 3. The van der Waals surface area contributed by atoms with Gasteiger partial charge in [0.05, 0.1) is 12.6 Å². The van der Waals surface area contributed by atoms with Crippen molar-refractivity contribution in [1.29, 1.82) is 0 Å². The van der Waals surface area contributed by atoms with Crippen LogP contribution in [0.5, 0.6) is 0 Å². The highest BCUT2D eigenvalue weighted by Crippen LogP contribution is 2.34. The number of carbonyl (C=O) groups is 2. The summed E-state index contributed by atoms with van der Waals surface area (Å²) in [5.74, 6) is 1.19. The average molecular weight is 377 g/mol. The van der Waals surface area contributed by atoms with Gasteiger partial charge >= 0.3 is 0 Å². The van der Waals surface area contributed by atoms with Crippen molar-refractivity contribution in [1.82, 2.24) is 24.5 Å². The van der Waals surface area contributed by atoms with Crippen LogP contribution in [0.15, 0.2) is 53.3 Å². The molecule has 8 nitrogen and oxygen atoms in total. The lowest BCUT2D eigenvalue weighted by Gasteiger charge is -2.33. The van der Waals surface area contributed by atoms with Crippen molar-refractivity contribution >= 4 is 11.8 Å². The minimum atomic E-state index is -0.402. The molecule has 142 valence electrons. The average Bonchev–Trinajstić information content (AvgIpc) is 3.45. The van der Waals surface area contributed by atoms with Crippen molar-refractivity contribution < 1.29 is 14.1 Å². The van der Waals surface area contributed by atoms with Crippen LogP contribution in [-0.4, -0.2) is 62.5 Å². The molecule has 2 aromatic heterocycles. The first-order chi connectivity index (χ1) is 13.6. The van der Waals surface area contributed by atoms with E-state index in [2.05, 4.69) is 10.1 Å². The van der Waals surface area contributed by atoms with Gasteiger partial charge in [0.1, 0.15) is 11.7 Å². The molecule has 8 heteroatoms. The topological polar surface area (TPSA) is 84.5 Å². The highest BCUT2D eigenvalue weighted by Gasteiger charge is 2.45. The standard InChI is InChI=1S/C20H19N5O3/c1-23-12-18(26)25-11-14(9-16(25)20(23)27)24-8-7-21-19(24)17-10-15(22-28-17)13-5-3-2-4-6-13/h2-8,10,14,16H,9,11-12H2,1H3/t14-,16-/m0/s1. The van der Waals surface area contributed by atoms with Gasteiger partial charge in [0.15, 0.2) is 5.82 Å². The van der Waals surface area contributed by atoms with Crippen molar-refractivity contribution in [2.45, 2.75) is 18.5 Å². The van der Waals surface area contributed by atoms with Gasteiger partial charge in [-0.25, -0.2) is 4.98 Å². The number of hydrogen-bond acceptors (Lipinski definition) is 5. The van der Waals surface area contributed by atoms with Gasteiger partial charge in [-0.1, -0.05) is 35.5 Å². The molecule has 1 aromatic carbocycles. The summed E-state index contributed by atoms with van der Waals surface area (Å²) >= 11 is 0. The number of likely N-dealkylation sites (N-methyl/N-ethyl adjacent to an activating group) is 1. The first-order valence-corrected chi connectivity index (χ1v) is 9.21. The summed E-state index contributed by atoms with van der Waals surface area (Å²) in [5.41, 5.74) is 1.70. The van der Waals surface area contributed by atoms with E-state index >= 15 is 0 Å². The number of nitrogens with zero attached hydrogens (tertiary/aromatic N) is 5. The molecule has 3 aromatic rings. The Balaban J connectivity index is 1.44. The maximum Gasteiger partial charge on any atom is 0.245 e. The van der Waals surface area contributed by atoms with Crippen molar-refractivity contribution in [3.63, 3.8) is 0 Å². The number of amides is 2. The number of aromatic nitrogens is 3. The van der Waals surface area contributed by atoms with E-state index < -0.39 is 6.04 Å². The summed E-state index contributed by atoms with van der Waals surface area (Å²) in [5, 5.41) is 4.16. The van der Waals surface area contributed by atoms with Gasteiger partial charge < -0.3 is 18.9 Å². The second kappa shape index (κ2) is 6.33. The highest BCUT2D eigenvalue weighted by atomic mass is 16.5. The Labute approximate surface area is 161 Å². The van der Waals surface area contributed by atoms with Crippen LogP contribution in [0.2, 0.25) is 0 Å². The van der Waals surface area contributed by atoms with Crippen LogP contribution in [0.1, 0.15) is 12.5 Å². The molecule has 2 amide bonds. The molecule has 2 fully saturated rings. The number of fused-ring (bicyclic) bond motifs is 1. The van der Waals surface area contributed by atoms with Crippen LogP contribution in [0.25, 0.3) is 22.8 Å². The lowest BCUT2D eigenvalue weighted by molar-refractivity contribution is -0.152. The summed E-state index contributed by atoms with van der Waals surface area (Å²) < 4.78 is 7.53. The van der Waals surface area contributed by atoms with Gasteiger partial charge in [0.25, 0.3) is 0 Å². The van der Waals surface area contributed by atoms with Gasteiger partial charge in [0.2, 0.25) is 17.6 Å². The molecular formula is C20H19N5O3. The van der Waals surface area contributed by atoms with Gasteiger partial charge in [-0.2, -0.15) is 0 Å². The molecule has 2 aliphatic rings. The normalized spacial score (nSPS) is 22.0. The third kappa shape index (κ3) is 2.60. The first kappa shape index (κ1) is 16.7. The zero-order valence-electron chi connectivity index (χ0n) is 15.4. The monoisotopic (exact) mass is 377 g/mol. The van der Waals surface area contributed by atoms with Crippen LogP contribution in [0, 0.1) is 0 Å². The van der Waals surface area contributed by atoms with E-state index in [0.29, 0.717) is 24.6 Å². The zero-order valence-corrected chi connectivity index (χ0v) is 15.4. The highest BCUT2D eigenvalue weighted by molar-refractivity contribution is 5.95. The maximum atomic E-state index is 12.5. The molecule has 28 heavy (non-hydrogen) atoms. The van der Waals surface area contributed by atoms with Crippen molar-refractivity contribution in [3.8, 4) is 22.8 Å². The summed E-state index contributed by atoms with van der Waals surface area (Å²) in [6.45, 7) is 0.632. The minimum absolute atomic E-state index is 0.00482. The van der Waals surface area contributed by atoms with Gasteiger partial charge in [-0.05, 0) is 6.42 Å². The largest absolute Gasteiger partial charge is 0.352 e. The number of carbonyl (C=O) groups excluding carboxylic acids is 2. The Kier molecular flexibility index (Phi) is 3.78.